The lowest BCUT2D eigenvalue weighted by Gasteiger charge is -2.22. The fourth-order valence-electron chi connectivity index (χ4n) is 2.74. The lowest BCUT2D eigenvalue weighted by Crippen LogP contribution is -2.24. The average molecular weight is 330 g/mol. The molecule has 1 atom stereocenters. The molecule has 22 heavy (non-hydrogen) atoms. The molecular weight excluding hydrogens is 318 g/mol. The Morgan fingerprint density at radius 2 is 2.09 bits per heavy atom. The largest absolute Gasteiger partial charge is 0.310 e. The molecule has 0 saturated heterocycles. The van der Waals surface area contributed by atoms with Crippen LogP contribution in [0.4, 0.5) is 5.82 Å². The third-order valence-electron chi connectivity index (χ3n) is 3.78. The zero-order valence-electron chi connectivity index (χ0n) is 11.5. The van der Waals surface area contributed by atoms with Gasteiger partial charge in [-0.25, -0.2) is 4.68 Å². The van der Waals surface area contributed by atoms with E-state index >= 15 is 0 Å². The van der Waals surface area contributed by atoms with Crippen LogP contribution < -0.4 is 5.32 Å². The van der Waals surface area contributed by atoms with Crippen molar-refractivity contribution < 1.29 is 4.79 Å². The van der Waals surface area contributed by atoms with E-state index in [0.29, 0.717) is 11.4 Å². The number of nitrogens with zero attached hydrogens (tertiary/aromatic N) is 2. The third-order valence-corrected chi connectivity index (χ3v) is 5.02. The van der Waals surface area contributed by atoms with Gasteiger partial charge in [0.1, 0.15) is 5.82 Å². The van der Waals surface area contributed by atoms with Crippen molar-refractivity contribution in [3.63, 3.8) is 0 Å². The molecule has 1 N–H and O–H groups in total. The second-order valence-corrected chi connectivity index (χ2v) is 6.57. The summed E-state index contributed by atoms with van der Waals surface area (Å²) in [6.07, 6.45) is 2.30. The minimum absolute atomic E-state index is 0.0154. The summed E-state index contributed by atoms with van der Waals surface area (Å²) in [6, 6.07) is 11.5. The Balaban J connectivity index is 1.82. The number of amides is 1. The van der Waals surface area contributed by atoms with Crippen LogP contribution in [0.1, 0.15) is 22.8 Å². The number of rotatable bonds is 2. The number of carbonyl (C=O) groups is 1. The second kappa shape index (κ2) is 5.26. The highest BCUT2D eigenvalue weighted by Gasteiger charge is 2.30. The summed E-state index contributed by atoms with van der Waals surface area (Å²) in [5.41, 5.74) is 1.93. The van der Waals surface area contributed by atoms with E-state index in [0.717, 1.165) is 17.1 Å². The molecule has 2 aromatic heterocycles. The lowest BCUT2D eigenvalue weighted by atomic mass is 9.93. The van der Waals surface area contributed by atoms with Gasteiger partial charge in [-0.1, -0.05) is 17.7 Å². The Morgan fingerprint density at radius 3 is 2.82 bits per heavy atom. The van der Waals surface area contributed by atoms with E-state index in [9.17, 15) is 4.79 Å². The van der Waals surface area contributed by atoms with E-state index in [4.69, 9.17) is 11.6 Å². The summed E-state index contributed by atoms with van der Waals surface area (Å²) in [5, 5.41) is 10.1. The van der Waals surface area contributed by atoms with Gasteiger partial charge in [-0.2, -0.15) is 5.10 Å². The van der Waals surface area contributed by atoms with Crippen molar-refractivity contribution in [2.75, 3.05) is 5.32 Å². The Kier molecular flexibility index (Phi) is 3.24. The van der Waals surface area contributed by atoms with E-state index < -0.39 is 0 Å². The average Bonchev–Trinajstić information content (AvgIpc) is 3.16. The molecule has 1 aliphatic rings. The molecule has 1 amide bonds. The molecule has 110 valence electrons. The topological polar surface area (TPSA) is 46.9 Å². The van der Waals surface area contributed by atoms with Gasteiger partial charge in [0.15, 0.2) is 0 Å². The molecule has 1 aliphatic heterocycles. The summed E-state index contributed by atoms with van der Waals surface area (Å²) < 4.78 is 1.75. The van der Waals surface area contributed by atoms with E-state index in [1.165, 1.54) is 4.88 Å². The molecule has 3 aromatic rings. The fraction of sp³-hybridized carbons (Fsp3) is 0.125. The number of hydrogen-bond acceptors (Lipinski definition) is 3. The Labute approximate surface area is 136 Å². The van der Waals surface area contributed by atoms with Gasteiger partial charge in [-0.3, -0.25) is 4.79 Å². The van der Waals surface area contributed by atoms with E-state index in [1.807, 2.05) is 41.9 Å². The summed E-state index contributed by atoms with van der Waals surface area (Å²) >= 11 is 7.60. The molecule has 0 unspecified atom stereocenters. The third kappa shape index (κ3) is 2.23. The van der Waals surface area contributed by atoms with Crippen LogP contribution >= 0.6 is 22.9 Å². The number of fused-ring (bicyclic) bond motifs is 1. The molecule has 0 aliphatic carbocycles. The number of anilines is 1. The minimum Gasteiger partial charge on any atom is -0.310 e. The number of benzene rings is 1. The molecule has 0 radical (unpaired) electrons. The number of hydrogen-bond donors (Lipinski definition) is 1. The number of aromatic nitrogens is 2. The minimum atomic E-state index is 0.0154. The number of nitrogens with one attached hydrogen (secondary N) is 1. The van der Waals surface area contributed by atoms with Gasteiger partial charge in [0.05, 0.1) is 11.9 Å². The zero-order chi connectivity index (χ0) is 15.1. The van der Waals surface area contributed by atoms with Crippen molar-refractivity contribution in [2.45, 2.75) is 12.3 Å². The highest BCUT2D eigenvalue weighted by Crippen LogP contribution is 2.39. The van der Waals surface area contributed by atoms with Crippen molar-refractivity contribution in [3.05, 3.63) is 63.4 Å². The fourth-order valence-corrected chi connectivity index (χ4v) is 3.71. The van der Waals surface area contributed by atoms with Crippen molar-refractivity contribution in [1.29, 1.82) is 0 Å². The van der Waals surface area contributed by atoms with Gasteiger partial charge in [0, 0.05) is 27.8 Å². The van der Waals surface area contributed by atoms with Gasteiger partial charge >= 0.3 is 0 Å². The molecule has 6 heteroatoms. The highest BCUT2D eigenvalue weighted by molar-refractivity contribution is 7.10. The van der Waals surface area contributed by atoms with Crippen molar-refractivity contribution in [1.82, 2.24) is 9.78 Å². The van der Waals surface area contributed by atoms with Gasteiger partial charge in [0.25, 0.3) is 0 Å². The van der Waals surface area contributed by atoms with Crippen molar-refractivity contribution in [2.24, 2.45) is 0 Å². The highest BCUT2D eigenvalue weighted by atomic mass is 35.5. The maximum absolute atomic E-state index is 12.1. The first-order valence-corrected chi connectivity index (χ1v) is 8.15. The van der Waals surface area contributed by atoms with E-state index in [2.05, 4.69) is 16.5 Å². The molecular formula is C16H12ClN3OS. The molecule has 0 fully saturated rings. The number of halogens is 1. The van der Waals surface area contributed by atoms with Crippen LogP contribution in [0.2, 0.25) is 5.02 Å². The van der Waals surface area contributed by atoms with Crippen molar-refractivity contribution >= 4 is 34.7 Å². The van der Waals surface area contributed by atoms with Crippen LogP contribution in [0.15, 0.2) is 48.0 Å². The monoisotopic (exact) mass is 329 g/mol. The summed E-state index contributed by atoms with van der Waals surface area (Å²) in [6.45, 7) is 0. The van der Waals surface area contributed by atoms with Crippen LogP contribution in [0, 0.1) is 0 Å². The smallest absolute Gasteiger partial charge is 0.226 e. The molecule has 1 aromatic carbocycles. The molecule has 4 nitrogen and oxygen atoms in total. The number of carbonyl (C=O) groups excluding carboxylic acids is 1. The van der Waals surface area contributed by atoms with Gasteiger partial charge in [-0.15, -0.1) is 11.3 Å². The van der Waals surface area contributed by atoms with E-state index in [1.54, 1.807) is 16.0 Å². The predicted octanol–water partition coefficient (Wildman–Crippen LogP) is 4.06. The SMILES string of the molecule is O=C1C[C@H](c2cccs2)c2cnn(-c3ccc(Cl)cc3)c2N1. The number of thiophene rings is 1. The molecule has 3 heterocycles. The predicted molar refractivity (Wildman–Crippen MR) is 88.0 cm³/mol. The standard InChI is InChI=1S/C16H12ClN3OS/c17-10-3-5-11(6-4-10)20-16-13(9-18-20)12(8-15(21)19-16)14-2-1-7-22-14/h1-7,9,12H,8H2,(H,19,21)/t12-/m0/s1. The van der Waals surface area contributed by atoms with Gasteiger partial charge < -0.3 is 5.32 Å². The van der Waals surface area contributed by atoms with Crippen LogP contribution in [0.3, 0.4) is 0 Å². The van der Waals surface area contributed by atoms with Gasteiger partial charge in [0.2, 0.25) is 5.91 Å². The molecule has 0 spiro atoms. The van der Waals surface area contributed by atoms with Crippen LogP contribution in [0.25, 0.3) is 5.69 Å². The molecule has 0 bridgehead atoms. The normalized spacial score (nSPS) is 17.1. The second-order valence-electron chi connectivity index (χ2n) is 5.16. The first-order valence-electron chi connectivity index (χ1n) is 6.89. The molecule has 0 saturated carbocycles. The quantitative estimate of drug-likeness (QED) is 0.770. The zero-order valence-corrected chi connectivity index (χ0v) is 13.1. The maximum Gasteiger partial charge on any atom is 0.226 e. The summed E-state index contributed by atoms with van der Waals surface area (Å²) in [5.74, 6) is 0.836. The lowest BCUT2D eigenvalue weighted by molar-refractivity contribution is -0.116. The van der Waals surface area contributed by atoms with Crippen LogP contribution in [-0.2, 0) is 4.79 Å². The van der Waals surface area contributed by atoms with Gasteiger partial charge in [-0.05, 0) is 35.7 Å². The first-order chi connectivity index (χ1) is 10.7. The van der Waals surface area contributed by atoms with E-state index in [-0.39, 0.29) is 11.8 Å². The maximum atomic E-state index is 12.1. The van der Waals surface area contributed by atoms with Crippen LogP contribution in [0.5, 0.6) is 0 Å². The van der Waals surface area contributed by atoms with Crippen LogP contribution in [-0.4, -0.2) is 15.7 Å². The molecule has 4 rings (SSSR count). The first kappa shape index (κ1) is 13.5. The van der Waals surface area contributed by atoms with Crippen molar-refractivity contribution in [3.8, 4) is 5.69 Å². The Morgan fingerprint density at radius 1 is 1.27 bits per heavy atom. The summed E-state index contributed by atoms with van der Waals surface area (Å²) in [4.78, 5) is 13.3. The Hall–Kier alpha value is -2.11. The Bertz CT molecular complexity index is 824. The summed E-state index contributed by atoms with van der Waals surface area (Å²) in [7, 11) is 0.